The van der Waals surface area contributed by atoms with Crippen LogP contribution in [-0.2, 0) is 4.79 Å². The number of hydrogen-bond donors (Lipinski definition) is 2. The lowest BCUT2D eigenvalue weighted by Crippen LogP contribution is -2.87. The molecule has 0 aromatic rings. The van der Waals surface area contributed by atoms with Crippen LogP contribution < -0.4 is 10.6 Å². The lowest BCUT2D eigenvalue weighted by molar-refractivity contribution is -0.663. The Bertz CT molecular complexity index is 130. The molecule has 0 aromatic heterocycles. The average Bonchev–Trinajstić information content (AvgIpc) is 2.06. The van der Waals surface area contributed by atoms with Gasteiger partial charge in [-0.05, 0) is 0 Å². The van der Waals surface area contributed by atoms with Gasteiger partial charge in [0.25, 0.3) is 0 Å². The largest absolute Gasteiger partial charge is 0.353 e. The van der Waals surface area contributed by atoms with E-state index in [0.29, 0.717) is 12.5 Å². The lowest BCUT2D eigenvalue weighted by atomic mass is 10.1. The van der Waals surface area contributed by atoms with Crippen molar-refractivity contribution in [3.8, 4) is 0 Å². The summed E-state index contributed by atoms with van der Waals surface area (Å²) in [5.41, 5.74) is 0. The molecule has 0 aliphatic carbocycles. The van der Waals surface area contributed by atoms with Gasteiger partial charge in [0.05, 0.1) is 13.1 Å². The summed E-state index contributed by atoms with van der Waals surface area (Å²) in [4.78, 5) is 11.0. The number of quaternary nitrogens is 1. The molecule has 1 fully saturated rings. The minimum Gasteiger partial charge on any atom is -0.353 e. The van der Waals surface area contributed by atoms with Gasteiger partial charge in [-0.2, -0.15) is 0 Å². The Hall–Kier alpha value is -0.570. The van der Waals surface area contributed by atoms with Crippen molar-refractivity contribution >= 4 is 5.91 Å². The average molecular weight is 157 g/mol. The summed E-state index contributed by atoms with van der Waals surface area (Å²) in [6, 6.07) is 0.451. The zero-order chi connectivity index (χ0) is 8.10. The van der Waals surface area contributed by atoms with E-state index in [4.69, 9.17) is 0 Å². The molecule has 3 nitrogen and oxygen atoms in total. The molecule has 1 aliphatic rings. The van der Waals surface area contributed by atoms with Gasteiger partial charge in [-0.1, -0.05) is 6.92 Å². The molecule has 64 valence electrons. The number of nitrogens with two attached hydrogens (primary N) is 1. The number of amides is 1. The van der Waals surface area contributed by atoms with Crippen molar-refractivity contribution in [1.82, 2.24) is 5.32 Å². The van der Waals surface area contributed by atoms with E-state index in [9.17, 15) is 4.79 Å². The first kappa shape index (κ1) is 8.53. The Morgan fingerprint density at radius 1 is 1.55 bits per heavy atom. The fraction of sp³-hybridized carbons (Fsp3) is 0.875. The molecule has 0 unspecified atom stereocenters. The van der Waals surface area contributed by atoms with Crippen molar-refractivity contribution in [2.75, 3.05) is 13.1 Å². The molecular formula is C8H17N2O+. The molecule has 1 amide bonds. The smallest absolute Gasteiger partial charge is 0.219 e. The highest BCUT2D eigenvalue weighted by Crippen LogP contribution is 1.97. The number of hydrogen-bond acceptors (Lipinski definition) is 1. The molecule has 1 saturated heterocycles. The quantitative estimate of drug-likeness (QED) is 0.543. The predicted octanol–water partition coefficient (Wildman–Crippen LogP) is -0.762. The molecule has 1 heterocycles. The van der Waals surface area contributed by atoms with Gasteiger partial charge in [0.2, 0.25) is 5.91 Å². The van der Waals surface area contributed by atoms with Crippen LogP contribution in [0.15, 0.2) is 0 Å². The van der Waals surface area contributed by atoms with Gasteiger partial charge < -0.3 is 10.6 Å². The first-order valence-corrected chi connectivity index (χ1v) is 4.44. The standard InChI is InChI=1S/C8H16N2O/c1-2-8(11)10-7-3-5-9-6-4-7/h7,9H,2-6H2,1H3,(H,10,11)/p+1. The van der Waals surface area contributed by atoms with E-state index in [-0.39, 0.29) is 5.91 Å². The molecule has 1 rings (SSSR count). The zero-order valence-electron chi connectivity index (χ0n) is 7.10. The molecule has 0 bridgehead atoms. The van der Waals surface area contributed by atoms with Crippen LogP contribution in [0.1, 0.15) is 26.2 Å². The van der Waals surface area contributed by atoms with E-state index in [1.165, 1.54) is 0 Å². The molecule has 11 heavy (non-hydrogen) atoms. The minimum absolute atomic E-state index is 0.192. The van der Waals surface area contributed by atoms with Gasteiger partial charge in [-0.25, -0.2) is 0 Å². The molecule has 0 spiro atoms. The normalized spacial score (nSPS) is 19.7. The monoisotopic (exact) mass is 157 g/mol. The van der Waals surface area contributed by atoms with Crippen LogP contribution in [0.5, 0.6) is 0 Å². The maximum Gasteiger partial charge on any atom is 0.219 e. The first-order valence-electron chi connectivity index (χ1n) is 4.44. The molecule has 0 atom stereocenters. The predicted molar refractivity (Wildman–Crippen MR) is 43.1 cm³/mol. The van der Waals surface area contributed by atoms with Crippen LogP contribution in [0.4, 0.5) is 0 Å². The second kappa shape index (κ2) is 4.34. The topological polar surface area (TPSA) is 45.7 Å². The highest BCUT2D eigenvalue weighted by atomic mass is 16.1. The summed E-state index contributed by atoms with van der Waals surface area (Å²) >= 11 is 0. The molecule has 1 aliphatic heterocycles. The van der Waals surface area contributed by atoms with Crippen molar-refractivity contribution in [3.63, 3.8) is 0 Å². The molecule has 0 radical (unpaired) electrons. The molecular weight excluding hydrogens is 140 g/mol. The summed E-state index contributed by atoms with van der Waals surface area (Å²) in [6.07, 6.45) is 2.87. The summed E-state index contributed by atoms with van der Waals surface area (Å²) < 4.78 is 0. The number of rotatable bonds is 2. The van der Waals surface area contributed by atoms with Crippen LogP contribution in [0.2, 0.25) is 0 Å². The highest BCUT2D eigenvalue weighted by molar-refractivity contribution is 5.75. The molecule has 0 aromatic carbocycles. The van der Waals surface area contributed by atoms with Gasteiger partial charge in [-0.15, -0.1) is 0 Å². The molecule has 0 saturated carbocycles. The van der Waals surface area contributed by atoms with Gasteiger partial charge in [0.1, 0.15) is 0 Å². The third kappa shape index (κ3) is 2.89. The number of carbonyl (C=O) groups excluding carboxylic acids is 1. The minimum atomic E-state index is 0.192. The molecule has 3 N–H and O–H groups in total. The van der Waals surface area contributed by atoms with Gasteiger partial charge in [-0.3, -0.25) is 4.79 Å². The van der Waals surface area contributed by atoms with E-state index in [1.807, 2.05) is 6.92 Å². The van der Waals surface area contributed by atoms with Gasteiger partial charge in [0.15, 0.2) is 0 Å². The zero-order valence-corrected chi connectivity index (χ0v) is 7.10. The third-order valence-electron chi connectivity index (χ3n) is 2.12. The van der Waals surface area contributed by atoms with Crippen molar-refractivity contribution < 1.29 is 10.1 Å². The van der Waals surface area contributed by atoms with Crippen LogP contribution >= 0.6 is 0 Å². The Labute approximate surface area is 67.5 Å². The third-order valence-corrected chi connectivity index (χ3v) is 2.12. The van der Waals surface area contributed by atoms with E-state index < -0.39 is 0 Å². The van der Waals surface area contributed by atoms with Crippen molar-refractivity contribution in [2.45, 2.75) is 32.2 Å². The maximum atomic E-state index is 11.0. The summed E-state index contributed by atoms with van der Waals surface area (Å²) in [7, 11) is 0. The second-order valence-corrected chi connectivity index (χ2v) is 3.06. The maximum absolute atomic E-state index is 11.0. The van der Waals surface area contributed by atoms with Gasteiger partial charge >= 0.3 is 0 Å². The van der Waals surface area contributed by atoms with Crippen molar-refractivity contribution in [3.05, 3.63) is 0 Å². The van der Waals surface area contributed by atoms with E-state index in [0.717, 1.165) is 25.9 Å². The van der Waals surface area contributed by atoms with Crippen molar-refractivity contribution in [2.24, 2.45) is 0 Å². The lowest BCUT2D eigenvalue weighted by Gasteiger charge is -2.21. The van der Waals surface area contributed by atoms with Gasteiger partial charge in [0, 0.05) is 25.3 Å². The van der Waals surface area contributed by atoms with Crippen molar-refractivity contribution in [1.29, 1.82) is 0 Å². The van der Waals surface area contributed by atoms with Crippen LogP contribution in [0.3, 0.4) is 0 Å². The number of nitrogens with one attached hydrogen (secondary N) is 1. The molecule has 3 heteroatoms. The van der Waals surface area contributed by atoms with E-state index in [1.54, 1.807) is 0 Å². The van der Waals surface area contributed by atoms with E-state index in [2.05, 4.69) is 10.6 Å². The van der Waals surface area contributed by atoms with E-state index >= 15 is 0 Å². The first-order chi connectivity index (χ1) is 5.33. The second-order valence-electron chi connectivity index (χ2n) is 3.06. The fourth-order valence-corrected chi connectivity index (χ4v) is 1.40. The number of piperidine rings is 1. The Morgan fingerprint density at radius 2 is 2.18 bits per heavy atom. The van der Waals surface area contributed by atoms with Crippen LogP contribution in [-0.4, -0.2) is 25.0 Å². The van der Waals surface area contributed by atoms with Crippen LogP contribution in [0, 0.1) is 0 Å². The summed E-state index contributed by atoms with van der Waals surface area (Å²) in [6.45, 7) is 4.22. The number of carbonyl (C=O) groups is 1. The fourth-order valence-electron chi connectivity index (χ4n) is 1.40. The van der Waals surface area contributed by atoms with Crippen LogP contribution in [0.25, 0.3) is 0 Å². The summed E-state index contributed by atoms with van der Waals surface area (Å²) in [5, 5.41) is 5.31. The summed E-state index contributed by atoms with van der Waals surface area (Å²) in [5.74, 6) is 0.192. The highest BCUT2D eigenvalue weighted by Gasteiger charge is 2.15. The Kier molecular flexibility index (Phi) is 3.36. The SMILES string of the molecule is CCC(=O)NC1CC[NH2+]CC1. The Morgan fingerprint density at radius 3 is 2.73 bits per heavy atom. The Balaban J connectivity index is 2.19.